The molecule has 0 aliphatic carbocycles. The van der Waals surface area contributed by atoms with E-state index in [0.717, 1.165) is 25.2 Å². The third-order valence-electron chi connectivity index (χ3n) is 5.72. The number of rotatable bonds is 7. The molecule has 4 rings (SSSR count). The maximum atomic E-state index is 12.6. The zero-order valence-electron chi connectivity index (χ0n) is 17.6. The Morgan fingerprint density at radius 3 is 2.52 bits per heavy atom. The number of hydrogen-bond donors (Lipinski definition) is 0. The number of amides is 1. The monoisotopic (exact) mass is 438 g/mol. The zero-order chi connectivity index (χ0) is 21.8. The highest BCUT2D eigenvalue weighted by atomic mass is 32.1. The van der Waals surface area contributed by atoms with Gasteiger partial charge in [0.2, 0.25) is 5.91 Å². The van der Waals surface area contributed by atoms with Gasteiger partial charge in [0.1, 0.15) is 0 Å². The second-order valence-corrected chi connectivity index (χ2v) is 8.64. The first-order valence-electron chi connectivity index (χ1n) is 10.6. The number of fused-ring (bicyclic) bond motifs is 1. The van der Waals surface area contributed by atoms with Crippen LogP contribution < -0.4 is 5.56 Å². The van der Waals surface area contributed by atoms with Crippen LogP contribution in [0.5, 0.6) is 0 Å². The summed E-state index contributed by atoms with van der Waals surface area (Å²) in [6.07, 6.45) is 3.14. The van der Waals surface area contributed by atoms with Crippen molar-refractivity contribution in [3.63, 3.8) is 0 Å². The fourth-order valence-corrected chi connectivity index (χ4v) is 4.54. The molecule has 3 aromatic rings. The molecule has 2 aromatic heterocycles. The van der Waals surface area contributed by atoms with E-state index in [2.05, 4.69) is 16.8 Å². The molecule has 0 atom stereocenters. The van der Waals surface area contributed by atoms with E-state index in [1.165, 1.54) is 16.9 Å². The minimum Gasteiger partial charge on any atom is -0.340 e. The molecule has 1 saturated heterocycles. The Morgan fingerprint density at radius 2 is 1.81 bits per heavy atom. The van der Waals surface area contributed by atoms with Gasteiger partial charge in [0.25, 0.3) is 5.56 Å². The quantitative estimate of drug-likeness (QED) is 0.530. The van der Waals surface area contributed by atoms with Crippen LogP contribution >= 0.6 is 11.3 Å². The van der Waals surface area contributed by atoms with E-state index in [9.17, 15) is 14.4 Å². The average Bonchev–Trinajstić information content (AvgIpc) is 3.27. The topological polar surface area (TPSA) is 75.0 Å². The first-order chi connectivity index (χ1) is 15.0. The molecule has 1 aromatic carbocycles. The normalized spacial score (nSPS) is 14.8. The molecule has 1 amide bonds. The van der Waals surface area contributed by atoms with Gasteiger partial charge in [0.05, 0.1) is 5.69 Å². The second-order valence-electron chi connectivity index (χ2n) is 7.77. The van der Waals surface area contributed by atoms with Crippen LogP contribution in [0.1, 0.15) is 41.4 Å². The third kappa shape index (κ3) is 5.08. The molecule has 1 aliphatic heterocycles. The summed E-state index contributed by atoms with van der Waals surface area (Å²) in [7, 11) is 0. The lowest BCUT2D eigenvalue weighted by atomic mass is 10.0. The molecule has 0 N–H and O–H groups in total. The van der Waals surface area contributed by atoms with Crippen molar-refractivity contribution in [1.29, 1.82) is 0 Å². The molecule has 31 heavy (non-hydrogen) atoms. The van der Waals surface area contributed by atoms with E-state index in [0.29, 0.717) is 30.2 Å². The molecular weight excluding hydrogens is 412 g/mol. The molecule has 1 aliphatic rings. The summed E-state index contributed by atoms with van der Waals surface area (Å²) in [6, 6.07) is 9.20. The molecule has 3 heterocycles. The lowest BCUT2D eigenvalue weighted by Gasteiger charge is -2.34. The molecular formula is C23H26N4O3S. The van der Waals surface area contributed by atoms with Gasteiger partial charge in [0.15, 0.2) is 10.7 Å². The van der Waals surface area contributed by atoms with Gasteiger partial charge in [-0.25, -0.2) is 4.98 Å². The first kappa shape index (κ1) is 21.4. The van der Waals surface area contributed by atoms with E-state index in [-0.39, 0.29) is 30.1 Å². The Bertz CT molecular complexity index is 1130. The van der Waals surface area contributed by atoms with Crippen LogP contribution in [0.15, 0.2) is 46.7 Å². The van der Waals surface area contributed by atoms with Gasteiger partial charge in [-0.2, -0.15) is 0 Å². The van der Waals surface area contributed by atoms with Crippen molar-refractivity contribution in [2.24, 2.45) is 0 Å². The average molecular weight is 439 g/mol. The molecule has 0 radical (unpaired) electrons. The lowest BCUT2D eigenvalue weighted by molar-refractivity contribution is -0.133. The Morgan fingerprint density at radius 1 is 1.06 bits per heavy atom. The van der Waals surface area contributed by atoms with Crippen LogP contribution in [0.3, 0.4) is 0 Å². The molecule has 8 heteroatoms. The lowest BCUT2D eigenvalue weighted by Crippen LogP contribution is -2.48. The highest BCUT2D eigenvalue weighted by Gasteiger charge is 2.22. The maximum Gasteiger partial charge on any atom is 0.258 e. The smallest absolute Gasteiger partial charge is 0.258 e. The van der Waals surface area contributed by atoms with Crippen molar-refractivity contribution >= 4 is 28.0 Å². The number of carbonyl (C=O) groups is 2. The zero-order valence-corrected chi connectivity index (χ0v) is 18.4. The number of thiazole rings is 1. The van der Waals surface area contributed by atoms with Gasteiger partial charge in [-0.15, -0.1) is 11.3 Å². The number of benzene rings is 1. The Labute approximate surface area is 184 Å². The number of aryl methyl sites for hydroxylation is 1. The van der Waals surface area contributed by atoms with Crippen molar-refractivity contribution in [3.05, 3.63) is 69.1 Å². The highest BCUT2D eigenvalue weighted by Crippen LogP contribution is 2.13. The second kappa shape index (κ2) is 9.53. The van der Waals surface area contributed by atoms with Crippen molar-refractivity contribution in [2.75, 3.05) is 26.2 Å². The van der Waals surface area contributed by atoms with Crippen LogP contribution in [0.25, 0.3) is 4.96 Å². The maximum absolute atomic E-state index is 12.6. The minimum atomic E-state index is -0.0657. The fourth-order valence-electron chi connectivity index (χ4n) is 3.80. The summed E-state index contributed by atoms with van der Waals surface area (Å²) >= 11 is 1.44. The number of aromatic nitrogens is 2. The van der Waals surface area contributed by atoms with E-state index in [1.807, 2.05) is 34.5 Å². The number of Topliss-reactive ketones (excluding diaryl/α,β-unsaturated/α-hetero) is 1. The summed E-state index contributed by atoms with van der Waals surface area (Å²) < 4.78 is 1.55. The third-order valence-corrected chi connectivity index (χ3v) is 6.47. The largest absolute Gasteiger partial charge is 0.340 e. The fraction of sp³-hybridized carbons (Fsp3) is 0.391. The van der Waals surface area contributed by atoms with E-state index in [4.69, 9.17) is 0 Å². The van der Waals surface area contributed by atoms with E-state index < -0.39 is 0 Å². The van der Waals surface area contributed by atoms with Gasteiger partial charge in [0, 0.05) is 68.8 Å². The van der Waals surface area contributed by atoms with Gasteiger partial charge in [-0.3, -0.25) is 23.7 Å². The Balaban J connectivity index is 1.25. The summed E-state index contributed by atoms with van der Waals surface area (Å²) in [5, 5.41) is 1.85. The summed E-state index contributed by atoms with van der Waals surface area (Å²) in [4.78, 5) is 46.4. The number of hydrogen-bond acceptors (Lipinski definition) is 6. The molecule has 0 saturated carbocycles. The summed E-state index contributed by atoms with van der Waals surface area (Å²) in [5.41, 5.74) is 2.55. The van der Waals surface area contributed by atoms with Crippen molar-refractivity contribution in [2.45, 2.75) is 32.7 Å². The molecule has 162 valence electrons. The molecule has 0 spiro atoms. The van der Waals surface area contributed by atoms with Crippen LogP contribution in [0.2, 0.25) is 0 Å². The minimum absolute atomic E-state index is 0.0102. The van der Waals surface area contributed by atoms with Crippen LogP contribution in [0, 0.1) is 0 Å². The number of piperazine rings is 1. The van der Waals surface area contributed by atoms with Gasteiger partial charge in [-0.05, 0) is 12.0 Å². The van der Waals surface area contributed by atoms with Crippen LogP contribution in [-0.4, -0.2) is 57.1 Å². The first-order valence-corrected chi connectivity index (χ1v) is 11.5. The van der Waals surface area contributed by atoms with E-state index in [1.54, 1.807) is 16.7 Å². The molecule has 1 fully saturated rings. The predicted molar refractivity (Wildman–Crippen MR) is 121 cm³/mol. The SMILES string of the molecule is CCc1ccc(C(=O)CCC(=O)N2CCN(Cc3cc(=O)n4ccsc4n3)CC2)cc1. The van der Waals surface area contributed by atoms with Crippen LogP contribution in [0.4, 0.5) is 0 Å². The molecule has 0 unspecified atom stereocenters. The highest BCUT2D eigenvalue weighted by molar-refractivity contribution is 7.15. The number of ketones is 1. The molecule has 0 bridgehead atoms. The summed E-state index contributed by atoms with van der Waals surface area (Å²) in [5.74, 6) is 0.0329. The number of carbonyl (C=O) groups excluding carboxylic acids is 2. The van der Waals surface area contributed by atoms with Gasteiger partial charge < -0.3 is 4.90 Å². The standard InChI is InChI=1S/C23H26N4O3S/c1-2-17-3-5-18(6-4-17)20(28)7-8-21(29)26-11-9-25(10-12-26)16-19-15-22(30)27-13-14-31-23(27)24-19/h3-6,13-15H,2,7-12,16H2,1H3. The van der Waals surface area contributed by atoms with Crippen molar-refractivity contribution in [1.82, 2.24) is 19.2 Å². The Hall–Kier alpha value is -2.84. The van der Waals surface area contributed by atoms with E-state index >= 15 is 0 Å². The van der Waals surface area contributed by atoms with Crippen LogP contribution in [-0.2, 0) is 17.8 Å². The van der Waals surface area contributed by atoms with Crippen molar-refractivity contribution in [3.8, 4) is 0 Å². The molecule has 7 nitrogen and oxygen atoms in total. The van der Waals surface area contributed by atoms with Gasteiger partial charge in [-0.1, -0.05) is 31.2 Å². The number of nitrogens with zero attached hydrogens (tertiary/aromatic N) is 4. The predicted octanol–water partition coefficient (Wildman–Crippen LogP) is 2.63. The van der Waals surface area contributed by atoms with Gasteiger partial charge >= 0.3 is 0 Å². The van der Waals surface area contributed by atoms with Crippen molar-refractivity contribution < 1.29 is 9.59 Å². The Kier molecular flexibility index (Phi) is 6.58. The summed E-state index contributed by atoms with van der Waals surface area (Å²) in [6.45, 7) is 5.37.